The highest BCUT2D eigenvalue weighted by Crippen LogP contribution is 2.28. The fourth-order valence-corrected chi connectivity index (χ4v) is 2.82. The molecule has 1 aliphatic heterocycles. The molecule has 1 aliphatic rings. The Labute approximate surface area is 111 Å². The van der Waals surface area contributed by atoms with Crippen molar-refractivity contribution in [2.45, 2.75) is 38.0 Å². The number of piperidine rings is 1. The first-order chi connectivity index (χ1) is 8.79. The molecule has 100 valence electrons. The van der Waals surface area contributed by atoms with Crippen LogP contribution in [0.5, 0.6) is 0 Å². The van der Waals surface area contributed by atoms with Crippen molar-refractivity contribution in [1.82, 2.24) is 4.90 Å². The van der Waals surface area contributed by atoms with E-state index in [2.05, 4.69) is 36.2 Å². The van der Waals surface area contributed by atoms with Crippen LogP contribution in [0.2, 0.25) is 0 Å². The van der Waals surface area contributed by atoms with Gasteiger partial charge in [-0.2, -0.15) is 0 Å². The van der Waals surface area contributed by atoms with Gasteiger partial charge in [-0.3, -0.25) is 0 Å². The van der Waals surface area contributed by atoms with E-state index in [1.807, 2.05) is 0 Å². The van der Waals surface area contributed by atoms with Crippen LogP contribution in [-0.4, -0.2) is 31.6 Å². The van der Waals surface area contributed by atoms with Crippen molar-refractivity contribution < 1.29 is 0 Å². The summed E-state index contributed by atoms with van der Waals surface area (Å²) in [6.45, 7) is 3.29. The van der Waals surface area contributed by atoms with Gasteiger partial charge in [0.25, 0.3) is 0 Å². The van der Waals surface area contributed by atoms with E-state index in [0.717, 1.165) is 18.9 Å². The van der Waals surface area contributed by atoms with E-state index in [9.17, 15) is 0 Å². The molecule has 0 radical (unpaired) electrons. The smallest absolute Gasteiger partial charge is 0.00159 e. The molecule has 2 N–H and O–H groups in total. The zero-order valence-corrected chi connectivity index (χ0v) is 11.6. The van der Waals surface area contributed by atoms with Gasteiger partial charge in [0.15, 0.2) is 0 Å². The first-order valence-electron chi connectivity index (χ1n) is 7.27. The third-order valence-corrected chi connectivity index (χ3v) is 4.06. The van der Waals surface area contributed by atoms with Gasteiger partial charge in [0.2, 0.25) is 0 Å². The van der Waals surface area contributed by atoms with E-state index in [4.69, 9.17) is 5.73 Å². The van der Waals surface area contributed by atoms with Crippen molar-refractivity contribution in [2.75, 3.05) is 26.7 Å². The van der Waals surface area contributed by atoms with Gasteiger partial charge in [-0.05, 0) is 75.8 Å². The summed E-state index contributed by atoms with van der Waals surface area (Å²) >= 11 is 0. The molecule has 0 aliphatic carbocycles. The van der Waals surface area contributed by atoms with Gasteiger partial charge in [-0.25, -0.2) is 0 Å². The molecule has 1 aromatic carbocycles. The number of hydrogen-bond acceptors (Lipinski definition) is 2. The van der Waals surface area contributed by atoms with Crippen LogP contribution >= 0.6 is 0 Å². The van der Waals surface area contributed by atoms with Crippen LogP contribution in [0.1, 0.15) is 42.7 Å². The lowest BCUT2D eigenvalue weighted by molar-refractivity contribution is 0.255. The van der Waals surface area contributed by atoms with Crippen molar-refractivity contribution in [3.05, 3.63) is 35.4 Å². The Bertz CT molecular complexity index is 354. The Morgan fingerprint density at radius 3 is 2.72 bits per heavy atom. The second-order valence-electron chi connectivity index (χ2n) is 5.57. The number of aryl methyl sites for hydroxylation is 1. The van der Waals surface area contributed by atoms with Gasteiger partial charge in [0.1, 0.15) is 0 Å². The average molecular weight is 246 g/mol. The summed E-state index contributed by atoms with van der Waals surface area (Å²) in [7, 11) is 2.22. The van der Waals surface area contributed by atoms with Crippen LogP contribution in [0, 0.1) is 0 Å². The van der Waals surface area contributed by atoms with Crippen molar-refractivity contribution in [3.8, 4) is 0 Å². The predicted octanol–water partition coefficient (Wildman–Crippen LogP) is 2.78. The molecule has 1 heterocycles. The second-order valence-corrected chi connectivity index (χ2v) is 5.57. The fraction of sp³-hybridized carbons (Fsp3) is 0.625. The van der Waals surface area contributed by atoms with E-state index in [1.54, 1.807) is 5.56 Å². The summed E-state index contributed by atoms with van der Waals surface area (Å²) in [6.07, 6.45) is 6.15. The summed E-state index contributed by atoms with van der Waals surface area (Å²) < 4.78 is 0. The first-order valence-corrected chi connectivity index (χ1v) is 7.27. The third kappa shape index (κ3) is 3.82. The monoisotopic (exact) mass is 246 g/mol. The molecule has 18 heavy (non-hydrogen) atoms. The lowest BCUT2D eigenvalue weighted by atomic mass is 9.88. The molecule has 1 fully saturated rings. The number of likely N-dealkylation sites (tertiary alicyclic amines) is 1. The minimum atomic E-state index is 0.774. The number of benzene rings is 1. The Morgan fingerprint density at radius 2 is 2.00 bits per heavy atom. The number of rotatable bonds is 5. The first kappa shape index (κ1) is 13.6. The molecule has 0 atom stereocenters. The van der Waals surface area contributed by atoms with E-state index >= 15 is 0 Å². The van der Waals surface area contributed by atoms with Gasteiger partial charge >= 0.3 is 0 Å². The van der Waals surface area contributed by atoms with Crippen molar-refractivity contribution in [3.63, 3.8) is 0 Å². The van der Waals surface area contributed by atoms with E-state index in [-0.39, 0.29) is 0 Å². The van der Waals surface area contributed by atoms with Crippen LogP contribution in [0.3, 0.4) is 0 Å². The second kappa shape index (κ2) is 6.91. The maximum absolute atomic E-state index is 5.55. The molecule has 0 aromatic heterocycles. The van der Waals surface area contributed by atoms with E-state index in [0.29, 0.717) is 0 Å². The minimum Gasteiger partial charge on any atom is -0.330 e. The van der Waals surface area contributed by atoms with Crippen LogP contribution in [0.25, 0.3) is 0 Å². The quantitative estimate of drug-likeness (QED) is 0.810. The minimum absolute atomic E-state index is 0.774. The highest BCUT2D eigenvalue weighted by atomic mass is 15.1. The van der Waals surface area contributed by atoms with Crippen molar-refractivity contribution in [2.24, 2.45) is 5.73 Å². The average Bonchev–Trinajstić information content (AvgIpc) is 2.40. The lowest BCUT2D eigenvalue weighted by Crippen LogP contribution is -2.29. The Hall–Kier alpha value is -0.860. The van der Waals surface area contributed by atoms with E-state index < -0.39 is 0 Å². The maximum Gasteiger partial charge on any atom is -0.00159 e. The Morgan fingerprint density at radius 1 is 1.22 bits per heavy atom. The Balaban J connectivity index is 1.94. The van der Waals surface area contributed by atoms with Crippen LogP contribution < -0.4 is 5.73 Å². The van der Waals surface area contributed by atoms with Crippen LogP contribution in [0.4, 0.5) is 0 Å². The maximum atomic E-state index is 5.55. The molecule has 2 rings (SSSR count). The van der Waals surface area contributed by atoms with Crippen molar-refractivity contribution >= 4 is 0 Å². The third-order valence-electron chi connectivity index (χ3n) is 4.06. The zero-order chi connectivity index (χ0) is 12.8. The number of hydrogen-bond donors (Lipinski definition) is 1. The van der Waals surface area contributed by atoms with Gasteiger partial charge in [0, 0.05) is 0 Å². The zero-order valence-electron chi connectivity index (χ0n) is 11.6. The molecule has 0 unspecified atom stereocenters. The predicted molar refractivity (Wildman–Crippen MR) is 77.9 cm³/mol. The normalized spacial score (nSPS) is 18.1. The molecule has 0 bridgehead atoms. The lowest BCUT2D eigenvalue weighted by Gasteiger charge is -2.29. The summed E-state index contributed by atoms with van der Waals surface area (Å²) in [4.78, 5) is 2.43. The molecule has 1 aromatic rings. The molecule has 1 saturated heterocycles. The molecule has 2 heteroatoms. The summed E-state index contributed by atoms with van der Waals surface area (Å²) in [5.74, 6) is 0.774. The van der Waals surface area contributed by atoms with Gasteiger partial charge in [-0.1, -0.05) is 24.3 Å². The summed E-state index contributed by atoms with van der Waals surface area (Å²) in [5.41, 5.74) is 8.58. The SMILES string of the molecule is CN1CCC(c2cccc(CCCCN)c2)CC1. The van der Waals surface area contributed by atoms with Gasteiger partial charge in [-0.15, -0.1) is 0 Å². The number of unbranched alkanes of at least 4 members (excludes halogenated alkanes) is 1. The van der Waals surface area contributed by atoms with Crippen LogP contribution in [-0.2, 0) is 6.42 Å². The highest BCUT2D eigenvalue weighted by molar-refractivity contribution is 5.27. The van der Waals surface area contributed by atoms with Crippen LogP contribution in [0.15, 0.2) is 24.3 Å². The topological polar surface area (TPSA) is 29.3 Å². The molecule has 2 nitrogen and oxygen atoms in total. The highest BCUT2D eigenvalue weighted by Gasteiger charge is 2.18. The molecule has 0 spiro atoms. The molecule has 0 amide bonds. The van der Waals surface area contributed by atoms with Crippen molar-refractivity contribution in [1.29, 1.82) is 0 Å². The summed E-state index contributed by atoms with van der Waals surface area (Å²) in [5, 5.41) is 0. The Kier molecular flexibility index (Phi) is 5.21. The summed E-state index contributed by atoms with van der Waals surface area (Å²) in [6, 6.07) is 9.22. The largest absolute Gasteiger partial charge is 0.330 e. The molecular weight excluding hydrogens is 220 g/mol. The number of nitrogens with zero attached hydrogens (tertiary/aromatic N) is 1. The molecular formula is C16H26N2. The van der Waals surface area contributed by atoms with E-state index in [1.165, 1.54) is 44.3 Å². The standard InChI is InChI=1S/C16H26N2/c1-18-11-8-15(9-12-18)16-7-4-6-14(13-16)5-2-3-10-17/h4,6-7,13,15H,2-3,5,8-12,17H2,1H3. The molecule has 0 saturated carbocycles. The van der Waals surface area contributed by atoms with Gasteiger partial charge in [0.05, 0.1) is 0 Å². The fourth-order valence-electron chi connectivity index (χ4n) is 2.82. The van der Waals surface area contributed by atoms with Gasteiger partial charge < -0.3 is 10.6 Å². The number of nitrogens with two attached hydrogens (primary N) is 1.